The van der Waals surface area contributed by atoms with Crippen molar-refractivity contribution in [3.8, 4) is 5.75 Å². The van der Waals surface area contributed by atoms with Crippen LogP contribution in [-0.2, 0) is 27.1 Å². The second kappa shape index (κ2) is 10.2. The van der Waals surface area contributed by atoms with Gasteiger partial charge < -0.3 is 24.4 Å². The first kappa shape index (κ1) is 24.7. The molecule has 1 saturated carbocycles. The molecule has 2 heterocycles. The van der Waals surface area contributed by atoms with Crippen LogP contribution in [0.25, 0.3) is 0 Å². The SMILES string of the molecule is CCN1CC[C@H](C(=O)NCc2cc(F)ccc2S(=O)Nc2ccc3c(c2C(=O)OC)OC[C@H]2CC32)C1. The first-order chi connectivity index (χ1) is 17.4. The molecule has 0 bridgehead atoms. The molecule has 10 heteroatoms. The van der Waals surface area contributed by atoms with Crippen molar-refractivity contribution in [2.45, 2.75) is 37.1 Å². The van der Waals surface area contributed by atoms with E-state index in [9.17, 15) is 18.2 Å². The minimum absolute atomic E-state index is 0.0438. The van der Waals surface area contributed by atoms with E-state index in [1.54, 1.807) is 6.07 Å². The lowest BCUT2D eigenvalue weighted by atomic mass is 10.0. The fraction of sp³-hybridized carbons (Fsp3) is 0.462. The number of methoxy groups -OCH3 is 1. The number of halogens is 1. The molecule has 36 heavy (non-hydrogen) atoms. The van der Waals surface area contributed by atoms with Crippen LogP contribution in [0.2, 0.25) is 0 Å². The number of hydrogen-bond donors (Lipinski definition) is 2. The van der Waals surface area contributed by atoms with Crippen LogP contribution < -0.4 is 14.8 Å². The van der Waals surface area contributed by atoms with Crippen LogP contribution in [0.1, 0.15) is 47.2 Å². The van der Waals surface area contributed by atoms with Gasteiger partial charge in [0, 0.05) is 19.0 Å². The number of hydrogen-bond acceptors (Lipinski definition) is 6. The Labute approximate surface area is 212 Å². The fourth-order valence-electron chi connectivity index (χ4n) is 5.12. The van der Waals surface area contributed by atoms with E-state index < -0.39 is 22.8 Å². The molecule has 2 fully saturated rings. The van der Waals surface area contributed by atoms with E-state index in [0.717, 1.165) is 31.5 Å². The van der Waals surface area contributed by atoms with E-state index in [0.29, 0.717) is 46.9 Å². The molecule has 2 aromatic carbocycles. The lowest BCUT2D eigenvalue weighted by Crippen LogP contribution is -2.32. The molecular weight excluding hydrogens is 485 g/mol. The van der Waals surface area contributed by atoms with E-state index >= 15 is 0 Å². The van der Waals surface area contributed by atoms with Gasteiger partial charge in [-0.25, -0.2) is 13.4 Å². The first-order valence-corrected chi connectivity index (χ1v) is 13.4. The number of anilines is 1. The van der Waals surface area contributed by atoms with Crippen LogP contribution in [0, 0.1) is 17.7 Å². The number of esters is 1. The van der Waals surface area contributed by atoms with Crippen LogP contribution in [0.5, 0.6) is 5.75 Å². The topological polar surface area (TPSA) is 97.0 Å². The monoisotopic (exact) mass is 515 g/mol. The molecule has 2 unspecified atom stereocenters. The molecule has 192 valence electrons. The van der Waals surface area contributed by atoms with E-state index in [2.05, 4.69) is 21.9 Å². The quantitative estimate of drug-likeness (QED) is 0.524. The van der Waals surface area contributed by atoms with Gasteiger partial charge in [-0.3, -0.25) is 4.79 Å². The van der Waals surface area contributed by atoms with E-state index in [-0.39, 0.29) is 23.9 Å². The Morgan fingerprint density at radius 2 is 2.11 bits per heavy atom. The molecule has 8 nitrogen and oxygen atoms in total. The van der Waals surface area contributed by atoms with Gasteiger partial charge in [-0.05, 0) is 67.2 Å². The third-order valence-corrected chi connectivity index (χ3v) is 8.51. The number of nitrogens with one attached hydrogen (secondary N) is 2. The van der Waals surface area contributed by atoms with Crippen LogP contribution in [0.4, 0.5) is 10.1 Å². The van der Waals surface area contributed by atoms with Crippen LogP contribution in [0.15, 0.2) is 35.2 Å². The number of nitrogens with zero attached hydrogens (tertiary/aromatic N) is 1. The summed E-state index contributed by atoms with van der Waals surface area (Å²) in [5.41, 5.74) is 1.87. The summed E-state index contributed by atoms with van der Waals surface area (Å²) in [6.07, 6.45) is 1.80. The van der Waals surface area contributed by atoms with E-state index in [1.165, 1.54) is 25.3 Å². The maximum Gasteiger partial charge on any atom is 0.343 e. The molecule has 0 radical (unpaired) electrons. The van der Waals surface area contributed by atoms with Crippen molar-refractivity contribution in [3.63, 3.8) is 0 Å². The fourth-order valence-corrected chi connectivity index (χ4v) is 6.16. The minimum atomic E-state index is -1.85. The summed E-state index contributed by atoms with van der Waals surface area (Å²) in [7, 11) is -0.558. The number of fused-ring (bicyclic) bond motifs is 3. The molecule has 3 aliphatic rings. The zero-order chi connectivity index (χ0) is 25.4. The number of amides is 1. The van der Waals surface area contributed by atoms with Crippen LogP contribution in [0.3, 0.4) is 0 Å². The highest BCUT2D eigenvalue weighted by Gasteiger charge is 2.45. The Morgan fingerprint density at radius 1 is 1.28 bits per heavy atom. The highest BCUT2D eigenvalue weighted by atomic mass is 32.2. The standard InChI is InChI=1S/C26H30FN3O5S/c1-3-30-9-8-15(13-30)25(31)28-12-16-10-18(27)4-7-22(16)36(33)29-21-6-5-19-20-11-17(20)14-35-24(19)23(21)26(32)34-2/h4-7,10,15,17,20,29H,3,8-9,11-14H2,1-2H3,(H,28,31)/t15-,17+,20?,36?/m0/s1. The number of ether oxygens (including phenoxy) is 2. The molecular formula is C26H30FN3O5S. The lowest BCUT2D eigenvalue weighted by molar-refractivity contribution is -0.124. The molecule has 0 spiro atoms. The van der Waals surface area contributed by atoms with Crippen molar-refractivity contribution in [3.05, 3.63) is 52.8 Å². The Bertz CT molecular complexity index is 1220. The highest BCUT2D eigenvalue weighted by molar-refractivity contribution is 7.86. The molecule has 2 aliphatic heterocycles. The van der Waals surface area contributed by atoms with Crippen molar-refractivity contribution in [1.29, 1.82) is 0 Å². The molecule has 1 amide bonds. The van der Waals surface area contributed by atoms with Gasteiger partial charge in [0.2, 0.25) is 5.91 Å². The largest absolute Gasteiger partial charge is 0.492 e. The van der Waals surface area contributed by atoms with Crippen molar-refractivity contribution < 1.29 is 27.7 Å². The Hall–Kier alpha value is -2.98. The predicted molar refractivity (Wildman–Crippen MR) is 133 cm³/mol. The summed E-state index contributed by atoms with van der Waals surface area (Å²) in [6, 6.07) is 7.51. The lowest BCUT2D eigenvalue weighted by Gasteiger charge is -2.22. The Kier molecular flexibility index (Phi) is 6.98. The third-order valence-electron chi connectivity index (χ3n) is 7.31. The van der Waals surface area contributed by atoms with Gasteiger partial charge in [0.15, 0.2) is 11.0 Å². The molecule has 4 atom stereocenters. The number of carbonyl (C=O) groups excluding carboxylic acids is 2. The number of carbonyl (C=O) groups is 2. The summed E-state index contributed by atoms with van der Waals surface area (Å²) in [6.45, 7) is 5.11. The highest BCUT2D eigenvalue weighted by Crippen LogP contribution is 2.55. The average molecular weight is 516 g/mol. The average Bonchev–Trinajstić information content (AvgIpc) is 3.53. The van der Waals surface area contributed by atoms with Crippen LogP contribution >= 0.6 is 0 Å². The van der Waals surface area contributed by atoms with Gasteiger partial charge in [-0.15, -0.1) is 0 Å². The smallest absolute Gasteiger partial charge is 0.343 e. The molecule has 1 saturated heterocycles. The summed E-state index contributed by atoms with van der Waals surface area (Å²) in [5, 5.41) is 2.87. The molecule has 2 aromatic rings. The maximum atomic E-state index is 14.1. The van der Waals surface area contributed by atoms with Crippen molar-refractivity contribution in [2.24, 2.45) is 11.8 Å². The van der Waals surface area contributed by atoms with Gasteiger partial charge in [0.05, 0.1) is 30.2 Å². The minimum Gasteiger partial charge on any atom is -0.492 e. The van der Waals surface area contributed by atoms with Crippen molar-refractivity contribution in [1.82, 2.24) is 10.2 Å². The number of benzene rings is 2. The summed E-state index contributed by atoms with van der Waals surface area (Å²) in [5.74, 6) is 0.0133. The van der Waals surface area contributed by atoms with Crippen molar-refractivity contribution in [2.75, 3.05) is 38.1 Å². The van der Waals surface area contributed by atoms with Gasteiger partial charge in [0.1, 0.15) is 17.1 Å². The predicted octanol–water partition coefficient (Wildman–Crippen LogP) is 3.20. The van der Waals surface area contributed by atoms with Gasteiger partial charge in [-0.1, -0.05) is 13.0 Å². The normalized spacial score (nSPS) is 23.1. The van der Waals surface area contributed by atoms with Gasteiger partial charge in [0.25, 0.3) is 0 Å². The molecule has 2 N–H and O–H groups in total. The number of likely N-dealkylation sites (tertiary alicyclic amines) is 1. The van der Waals surface area contributed by atoms with Crippen LogP contribution in [-0.4, -0.2) is 54.3 Å². The molecule has 0 aromatic heterocycles. The Balaban J connectivity index is 1.35. The third kappa shape index (κ3) is 4.84. The zero-order valence-corrected chi connectivity index (χ0v) is 21.2. The summed E-state index contributed by atoms with van der Waals surface area (Å²) in [4.78, 5) is 27.9. The Morgan fingerprint density at radius 3 is 2.86 bits per heavy atom. The van der Waals surface area contributed by atoms with E-state index in [1.807, 2.05) is 6.07 Å². The van der Waals surface area contributed by atoms with Crippen molar-refractivity contribution >= 4 is 28.5 Å². The first-order valence-electron chi connectivity index (χ1n) is 12.2. The number of rotatable bonds is 8. The zero-order valence-electron chi connectivity index (χ0n) is 20.3. The van der Waals surface area contributed by atoms with Gasteiger partial charge in [-0.2, -0.15) is 0 Å². The van der Waals surface area contributed by atoms with E-state index in [4.69, 9.17) is 9.47 Å². The molecule has 1 aliphatic carbocycles. The summed E-state index contributed by atoms with van der Waals surface area (Å²) < 4.78 is 41.2. The summed E-state index contributed by atoms with van der Waals surface area (Å²) >= 11 is 0. The second-order valence-corrected chi connectivity index (χ2v) is 10.7. The maximum absolute atomic E-state index is 14.1. The molecule has 5 rings (SSSR count). The second-order valence-electron chi connectivity index (χ2n) is 9.53. The van der Waals surface area contributed by atoms with Gasteiger partial charge >= 0.3 is 5.97 Å².